The van der Waals surface area contributed by atoms with Crippen LogP contribution in [0.25, 0.3) is 122 Å². The monoisotopic (exact) mass is 743 g/mol. The minimum atomic E-state index is 0.536. The van der Waals surface area contributed by atoms with Crippen molar-refractivity contribution in [1.29, 1.82) is 0 Å². The largest absolute Gasteiger partial charge is 0.455 e. The number of hydrogen-bond acceptors (Lipinski definition) is 7. The average molecular weight is 744 g/mol. The van der Waals surface area contributed by atoms with Gasteiger partial charge >= 0.3 is 0 Å². The molecule has 270 valence electrons. The summed E-state index contributed by atoms with van der Waals surface area (Å²) in [6, 6.07) is 55.8. The van der Waals surface area contributed by atoms with Gasteiger partial charge < -0.3 is 8.83 Å². The smallest absolute Gasteiger partial charge is 0.164 e. The van der Waals surface area contributed by atoms with Crippen LogP contribution in [-0.4, -0.2) is 24.9 Å². The van der Waals surface area contributed by atoms with Crippen LogP contribution in [0.4, 0.5) is 0 Å². The Morgan fingerprint density at radius 2 is 0.776 bits per heavy atom. The molecule has 0 atom stereocenters. The van der Waals surface area contributed by atoms with Gasteiger partial charge in [-0.25, -0.2) is 15.0 Å². The molecule has 12 rings (SSSR count). The van der Waals surface area contributed by atoms with E-state index in [0.717, 1.165) is 105 Å². The standard InChI is InChI=1S/C51H29N5O2/c1-3-17-45-39(11-1)41-15-5-13-37(47(41)57-45)34-27-35(38-14-6-16-42-40-12-2-4-18-46(40)58-48(38)42)29-36(28-34)51-55-49(32-19-21-43-30(25-32)9-7-23-52-43)54-50(56-51)33-20-22-44-31(26-33)10-8-24-53-44/h1-29H. The van der Waals surface area contributed by atoms with Crippen molar-refractivity contribution in [2.75, 3.05) is 0 Å². The molecular formula is C51H29N5O2. The zero-order valence-electron chi connectivity index (χ0n) is 30.8. The zero-order valence-corrected chi connectivity index (χ0v) is 30.8. The maximum atomic E-state index is 6.59. The number of hydrogen-bond donors (Lipinski definition) is 0. The molecule has 0 saturated heterocycles. The molecule has 0 aliphatic heterocycles. The highest BCUT2D eigenvalue weighted by atomic mass is 16.3. The molecule has 0 spiro atoms. The van der Waals surface area contributed by atoms with Crippen LogP contribution in [-0.2, 0) is 0 Å². The van der Waals surface area contributed by atoms with E-state index in [1.807, 2.05) is 72.8 Å². The van der Waals surface area contributed by atoms with Crippen molar-refractivity contribution in [2.45, 2.75) is 0 Å². The van der Waals surface area contributed by atoms with E-state index in [1.54, 1.807) is 12.4 Å². The van der Waals surface area contributed by atoms with Crippen LogP contribution in [0.15, 0.2) is 185 Å². The molecule has 0 radical (unpaired) electrons. The van der Waals surface area contributed by atoms with Gasteiger partial charge in [-0.15, -0.1) is 0 Å². The molecule has 58 heavy (non-hydrogen) atoms. The van der Waals surface area contributed by atoms with Gasteiger partial charge in [0.2, 0.25) is 0 Å². The first kappa shape index (κ1) is 32.2. The minimum absolute atomic E-state index is 0.536. The predicted octanol–water partition coefficient (Wildman–Crippen LogP) is 13.1. The van der Waals surface area contributed by atoms with E-state index < -0.39 is 0 Å². The third-order valence-electron chi connectivity index (χ3n) is 11.0. The summed E-state index contributed by atoms with van der Waals surface area (Å²) in [5, 5.41) is 6.27. The predicted molar refractivity (Wildman–Crippen MR) is 232 cm³/mol. The highest BCUT2D eigenvalue weighted by molar-refractivity contribution is 6.11. The minimum Gasteiger partial charge on any atom is -0.455 e. The Bertz CT molecular complexity index is 3380. The molecule has 0 aliphatic rings. The topological polar surface area (TPSA) is 90.7 Å². The summed E-state index contributed by atoms with van der Waals surface area (Å²) in [5.41, 5.74) is 11.5. The van der Waals surface area contributed by atoms with Gasteiger partial charge in [0.15, 0.2) is 17.5 Å². The Kier molecular flexibility index (Phi) is 7.09. The zero-order chi connectivity index (χ0) is 38.2. The Labute approximate surface area is 330 Å². The summed E-state index contributed by atoms with van der Waals surface area (Å²) < 4.78 is 13.2. The van der Waals surface area contributed by atoms with Crippen molar-refractivity contribution in [3.8, 4) is 56.4 Å². The molecule has 0 saturated carbocycles. The van der Waals surface area contributed by atoms with Gasteiger partial charge in [-0.05, 0) is 90.0 Å². The second kappa shape index (κ2) is 12.8. The third-order valence-corrected chi connectivity index (χ3v) is 11.0. The number of fused-ring (bicyclic) bond motifs is 8. The number of pyridine rings is 2. The number of nitrogens with zero attached hydrogens (tertiary/aromatic N) is 5. The van der Waals surface area contributed by atoms with Crippen LogP contribution in [0.2, 0.25) is 0 Å². The molecule has 7 aromatic carbocycles. The fraction of sp³-hybridized carbons (Fsp3) is 0. The normalized spacial score (nSPS) is 11.8. The van der Waals surface area contributed by atoms with Crippen LogP contribution in [0, 0.1) is 0 Å². The molecule has 0 unspecified atom stereocenters. The number of para-hydroxylation sites is 4. The molecule has 12 aromatic rings. The number of benzene rings is 7. The lowest BCUT2D eigenvalue weighted by Gasteiger charge is -2.13. The molecule has 0 fully saturated rings. The van der Waals surface area contributed by atoms with Crippen molar-refractivity contribution in [2.24, 2.45) is 0 Å². The third kappa shape index (κ3) is 5.25. The Morgan fingerprint density at radius 1 is 0.328 bits per heavy atom. The molecule has 0 aliphatic carbocycles. The van der Waals surface area contributed by atoms with Crippen molar-refractivity contribution in [3.05, 3.63) is 176 Å². The Balaban J connectivity index is 1.13. The maximum Gasteiger partial charge on any atom is 0.164 e. The number of rotatable bonds is 5. The summed E-state index contributed by atoms with van der Waals surface area (Å²) >= 11 is 0. The summed E-state index contributed by atoms with van der Waals surface area (Å²) in [6.07, 6.45) is 3.61. The maximum absolute atomic E-state index is 6.59. The van der Waals surface area contributed by atoms with Crippen molar-refractivity contribution in [3.63, 3.8) is 0 Å². The summed E-state index contributed by atoms with van der Waals surface area (Å²) in [6.45, 7) is 0. The molecular weight excluding hydrogens is 715 g/mol. The Morgan fingerprint density at radius 3 is 1.29 bits per heavy atom. The van der Waals surface area contributed by atoms with Crippen molar-refractivity contribution < 1.29 is 8.83 Å². The first-order chi connectivity index (χ1) is 28.7. The highest BCUT2D eigenvalue weighted by Crippen LogP contribution is 2.42. The van der Waals surface area contributed by atoms with Gasteiger partial charge in [-0.2, -0.15) is 0 Å². The van der Waals surface area contributed by atoms with Crippen LogP contribution < -0.4 is 0 Å². The van der Waals surface area contributed by atoms with Gasteiger partial charge in [0.1, 0.15) is 22.3 Å². The van der Waals surface area contributed by atoms with E-state index in [-0.39, 0.29) is 0 Å². The second-order valence-corrected chi connectivity index (χ2v) is 14.5. The van der Waals surface area contributed by atoms with E-state index >= 15 is 0 Å². The van der Waals surface area contributed by atoms with E-state index in [4.69, 9.17) is 23.8 Å². The number of furan rings is 2. The lowest BCUT2D eigenvalue weighted by atomic mass is 9.94. The average Bonchev–Trinajstić information content (AvgIpc) is 3.87. The van der Waals surface area contributed by atoms with E-state index in [1.165, 1.54) is 0 Å². The first-order valence-electron chi connectivity index (χ1n) is 19.1. The highest BCUT2D eigenvalue weighted by Gasteiger charge is 2.20. The Hall–Kier alpha value is -8.03. The van der Waals surface area contributed by atoms with Crippen molar-refractivity contribution >= 4 is 65.7 Å². The lowest BCUT2D eigenvalue weighted by molar-refractivity contribution is 0.670. The van der Waals surface area contributed by atoms with Gasteiger partial charge in [0.25, 0.3) is 0 Å². The van der Waals surface area contributed by atoms with Crippen LogP contribution >= 0.6 is 0 Å². The number of aromatic nitrogens is 5. The fourth-order valence-corrected chi connectivity index (χ4v) is 8.21. The first-order valence-corrected chi connectivity index (χ1v) is 19.1. The summed E-state index contributed by atoms with van der Waals surface area (Å²) in [4.78, 5) is 24.7. The molecule has 7 nitrogen and oxygen atoms in total. The molecule has 5 aromatic heterocycles. The molecule has 0 N–H and O–H groups in total. The van der Waals surface area contributed by atoms with E-state index in [2.05, 4.69) is 101 Å². The molecule has 5 heterocycles. The molecule has 0 amide bonds. The van der Waals surface area contributed by atoms with Crippen LogP contribution in [0.3, 0.4) is 0 Å². The van der Waals surface area contributed by atoms with Gasteiger partial charge in [0.05, 0.1) is 11.0 Å². The van der Waals surface area contributed by atoms with Crippen LogP contribution in [0.5, 0.6) is 0 Å². The quantitative estimate of drug-likeness (QED) is 0.173. The van der Waals surface area contributed by atoms with Crippen molar-refractivity contribution in [1.82, 2.24) is 24.9 Å². The summed E-state index contributed by atoms with van der Waals surface area (Å²) in [5.74, 6) is 1.65. The summed E-state index contributed by atoms with van der Waals surface area (Å²) in [7, 11) is 0. The van der Waals surface area contributed by atoms with Gasteiger partial charge in [-0.3, -0.25) is 9.97 Å². The SMILES string of the molecule is c1cnc2ccc(-c3nc(-c4cc(-c5cccc6c5oc5ccccc56)cc(-c5cccc6c5oc5ccccc56)c4)nc(-c4ccc5ncccc5c4)n3)cc2c1. The van der Waals surface area contributed by atoms with E-state index in [0.29, 0.717) is 17.5 Å². The lowest BCUT2D eigenvalue weighted by Crippen LogP contribution is -2.01. The van der Waals surface area contributed by atoms with E-state index in [9.17, 15) is 0 Å². The molecule has 0 bridgehead atoms. The van der Waals surface area contributed by atoms with Gasteiger partial charge in [-0.1, -0.05) is 84.9 Å². The van der Waals surface area contributed by atoms with Crippen LogP contribution in [0.1, 0.15) is 0 Å². The van der Waals surface area contributed by atoms with Gasteiger partial charge in [0, 0.05) is 72.5 Å². The molecule has 7 heteroatoms. The fourth-order valence-electron chi connectivity index (χ4n) is 8.21. The second-order valence-electron chi connectivity index (χ2n) is 14.5.